The SMILES string of the molecule is NNC(C1=CCCCCC1)c1cc2c(s1)CCSC2. The molecule has 1 unspecified atom stereocenters. The number of thiophene rings is 1. The lowest BCUT2D eigenvalue weighted by atomic mass is 10.0. The third-order valence-corrected chi connectivity index (χ3v) is 6.35. The fourth-order valence-electron chi connectivity index (χ4n) is 2.99. The highest BCUT2D eigenvalue weighted by atomic mass is 32.2. The molecule has 0 spiro atoms. The average molecular weight is 294 g/mol. The standard InChI is InChI=1S/C15H22N2S2/c16-17-15(11-5-3-1-2-4-6-11)14-9-12-10-18-8-7-13(12)19-14/h5,9,15,17H,1-4,6-8,10,16H2. The number of hydrogen-bond acceptors (Lipinski definition) is 4. The van der Waals surface area contributed by atoms with E-state index in [-0.39, 0.29) is 6.04 Å². The summed E-state index contributed by atoms with van der Waals surface area (Å²) in [5.41, 5.74) is 6.11. The van der Waals surface area contributed by atoms with Crippen molar-refractivity contribution in [1.82, 2.24) is 5.43 Å². The summed E-state index contributed by atoms with van der Waals surface area (Å²) in [6.45, 7) is 0. The number of aryl methyl sites for hydroxylation is 1. The zero-order valence-corrected chi connectivity index (χ0v) is 12.9. The zero-order chi connectivity index (χ0) is 13.1. The minimum atomic E-state index is 0.249. The van der Waals surface area contributed by atoms with Crippen LogP contribution in [0.5, 0.6) is 0 Å². The number of nitrogens with two attached hydrogens (primary N) is 1. The molecule has 0 amide bonds. The van der Waals surface area contributed by atoms with E-state index in [0.717, 1.165) is 0 Å². The molecule has 19 heavy (non-hydrogen) atoms. The van der Waals surface area contributed by atoms with Gasteiger partial charge in [0.05, 0.1) is 6.04 Å². The first-order valence-electron chi connectivity index (χ1n) is 7.23. The Bertz CT molecular complexity index is 441. The summed E-state index contributed by atoms with van der Waals surface area (Å²) in [6.07, 6.45) is 10.1. The van der Waals surface area contributed by atoms with Crippen LogP contribution in [0.3, 0.4) is 0 Å². The van der Waals surface area contributed by atoms with Crippen molar-refractivity contribution in [2.75, 3.05) is 5.75 Å². The monoisotopic (exact) mass is 294 g/mol. The number of rotatable bonds is 3. The molecule has 104 valence electrons. The lowest BCUT2D eigenvalue weighted by molar-refractivity contribution is 0.600. The highest BCUT2D eigenvalue weighted by molar-refractivity contribution is 7.98. The molecule has 2 heterocycles. The van der Waals surface area contributed by atoms with Crippen molar-refractivity contribution in [3.63, 3.8) is 0 Å². The van der Waals surface area contributed by atoms with Gasteiger partial charge in [-0.2, -0.15) is 11.8 Å². The Morgan fingerprint density at radius 1 is 1.21 bits per heavy atom. The molecule has 0 saturated heterocycles. The van der Waals surface area contributed by atoms with Gasteiger partial charge in [0.1, 0.15) is 0 Å². The van der Waals surface area contributed by atoms with Gasteiger partial charge in [0.2, 0.25) is 0 Å². The van der Waals surface area contributed by atoms with Crippen LogP contribution in [-0.2, 0) is 12.2 Å². The van der Waals surface area contributed by atoms with E-state index in [1.807, 2.05) is 23.1 Å². The first-order valence-corrected chi connectivity index (χ1v) is 9.20. The maximum atomic E-state index is 5.86. The third-order valence-electron chi connectivity index (χ3n) is 4.04. The lowest BCUT2D eigenvalue weighted by Crippen LogP contribution is -2.28. The van der Waals surface area contributed by atoms with Crippen molar-refractivity contribution >= 4 is 23.1 Å². The van der Waals surface area contributed by atoms with Crippen molar-refractivity contribution in [1.29, 1.82) is 0 Å². The molecule has 0 radical (unpaired) electrons. The molecule has 2 nitrogen and oxygen atoms in total. The van der Waals surface area contributed by atoms with Crippen molar-refractivity contribution < 1.29 is 0 Å². The van der Waals surface area contributed by atoms with E-state index in [4.69, 9.17) is 5.84 Å². The minimum absolute atomic E-state index is 0.249. The second kappa shape index (κ2) is 6.44. The molecular formula is C15H22N2S2. The summed E-state index contributed by atoms with van der Waals surface area (Å²) >= 11 is 4.02. The van der Waals surface area contributed by atoms with Crippen LogP contribution in [0.1, 0.15) is 53.5 Å². The number of hydrogen-bond donors (Lipinski definition) is 2. The molecule has 1 aliphatic carbocycles. The van der Waals surface area contributed by atoms with Crippen molar-refractivity contribution in [3.8, 4) is 0 Å². The van der Waals surface area contributed by atoms with Crippen LogP contribution >= 0.6 is 23.1 Å². The van der Waals surface area contributed by atoms with Gasteiger partial charge in [-0.1, -0.05) is 18.1 Å². The van der Waals surface area contributed by atoms with Gasteiger partial charge in [0.15, 0.2) is 0 Å². The van der Waals surface area contributed by atoms with Gasteiger partial charge in [0, 0.05) is 15.5 Å². The van der Waals surface area contributed by atoms with E-state index in [1.165, 1.54) is 60.5 Å². The highest BCUT2D eigenvalue weighted by Gasteiger charge is 2.21. The summed E-state index contributed by atoms with van der Waals surface area (Å²) in [5, 5.41) is 0. The molecule has 0 saturated carbocycles. The van der Waals surface area contributed by atoms with Crippen LogP contribution < -0.4 is 11.3 Å². The van der Waals surface area contributed by atoms with Crippen LogP contribution in [0.15, 0.2) is 17.7 Å². The van der Waals surface area contributed by atoms with E-state index in [2.05, 4.69) is 17.6 Å². The summed E-state index contributed by atoms with van der Waals surface area (Å²) < 4.78 is 0. The second-order valence-corrected chi connectivity index (χ2v) is 7.65. The van der Waals surface area contributed by atoms with Crippen molar-refractivity contribution in [3.05, 3.63) is 33.0 Å². The predicted molar refractivity (Wildman–Crippen MR) is 85.4 cm³/mol. The average Bonchev–Trinajstić information content (AvgIpc) is 2.67. The number of thioether (sulfide) groups is 1. The Labute approximate surface area is 123 Å². The minimum Gasteiger partial charge on any atom is -0.271 e. The Morgan fingerprint density at radius 3 is 3.00 bits per heavy atom. The highest BCUT2D eigenvalue weighted by Crippen LogP contribution is 2.38. The van der Waals surface area contributed by atoms with Crippen LogP contribution in [0.4, 0.5) is 0 Å². The number of fused-ring (bicyclic) bond motifs is 1. The topological polar surface area (TPSA) is 38.0 Å². The van der Waals surface area contributed by atoms with Crippen LogP contribution in [0, 0.1) is 0 Å². The Hall–Kier alpha value is -0.290. The van der Waals surface area contributed by atoms with E-state index in [1.54, 1.807) is 10.4 Å². The summed E-state index contributed by atoms with van der Waals surface area (Å²) in [4.78, 5) is 3.01. The molecule has 0 bridgehead atoms. The van der Waals surface area contributed by atoms with Gasteiger partial charge in [-0.25, -0.2) is 5.43 Å². The van der Waals surface area contributed by atoms with Crippen LogP contribution in [-0.4, -0.2) is 5.75 Å². The molecule has 0 fully saturated rings. The molecule has 1 atom stereocenters. The number of hydrazine groups is 1. The maximum Gasteiger partial charge on any atom is 0.0762 e. The summed E-state index contributed by atoms with van der Waals surface area (Å²) in [7, 11) is 0. The van der Waals surface area contributed by atoms with Gasteiger partial charge in [-0.05, 0) is 49.5 Å². The molecule has 1 aromatic heterocycles. The summed E-state index contributed by atoms with van der Waals surface area (Å²) in [6, 6.07) is 2.64. The number of allylic oxidation sites excluding steroid dienone is 1. The maximum absolute atomic E-state index is 5.86. The van der Waals surface area contributed by atoms with Crippen molar-refractivity contribution in [2.24, 2.45) is 5.84 Å². The van der Waals surface area contributed by atoms with E-state index in [0.29, 0.717) is 0 Å². The Morgan fingerprint density at radius 2 is 2.16 bits per heavy atom. The van der Waals surface area contributed by atoms with Gasteiger partial charge in [-0.15, -0.1) is 11.3 Å². The third kappa shape index (κ3) is 3.07. The molecule has 3 rings (SSSR count). The molecule has 1 aliphatic heterocycles. The largest absolute Gasteiger partial charge is 0.271 e. The van der Waals surface area contributed by atoms with Gasteiger partial charge in [-0.3, -0.25) is 5.84 Å². The van der Waals surface area contributed by atoms with Crippen molar-refractivity contribution in [2.45, 2.75) is 50.3 Å². The zero-order valence-electron chi connectivity index (χ0n) is 11.3. The van der Waals surface area contributed by atoms with Gasteiger partial charge < -0.3 is 0 Å². The van der Waals surface area contributed by atoms with Gasteiger partial charge in [0.25, 0.3) is 0 Å². The van der Waals surface area contributed by atoms with Crippen LogP contribution in [0.2, 0.25) is 0 Å². The van der Waals surface area contributed by atoms with Crippen LogP contribution in [0.25, 0.3) is 0 Å². The smallest absolute Gasteiger partial charge is 0.0762 e. The molecule has 0 aromatic carbocycles. The molecule has 4 heteroatoms. The first-order chi connectivity index (χ1) is 9.38. The predicted octanol–water partition coefficient (Wildman–Crippen LogP) is 3.93. The quantitative estimate of drug-likeness (QED) is 0.504. The Kier molecular flexibility index (Phi) is 4.64. The molecule has 1 aromatic rings. The normalized spacial score (nSPS) is 21.4. The molecule has 2 aliphatic rings. The van der Waals surface area contributed by atoms with E-state index >= 15 is 0 Å². The first kappa shape index (κ1) is 13.7. The number of nitrogens with one attached hydrogen (secondary N) is 1. The fourth-order valence-corrected chi connectivity index (χ4v) is 5.47. The fraction of sp³-hybridized carbons (Fsp3) is 0.600. The van der Waals surface area contributed by atoms with E-state index in [9.17, 15) is 0 Å². The molecule has 3 N–H and O–H groups in total. The Balaban J connectivity index is 1.84. The molecular weight excluding hydrogens is 272 g/mol. The summed E-state index contributed by atoms with van der Waals surface area (Å²) in [5.74, 6) is 8.31. The van der Waals surface area contributed by atoms with E-state index < -0.39 is 0 Å². The lowest BCUT2D eigenvalue weighted by Gasteiger charge is -2.17. The van der Waals surface area contributed by atoms with Gasteiger partial charge >= 0.3 is 0 Å². The second-order valence-electron chi connectivity index (χ2n) is 5.38.